The number of pyridine rings is 1. The number of aliphatic imine (C=N–C) groups is 1. The number of hydrogen-bond donors (Lipinski definition) is 1. The summed E-state index contributed by atoms with van der Waals surface area (Å²) in [4.78, 5) is 13.9. The molecular formula is C23H31N5. The first kappa shape index (κ1) is 19.9. The molecule has 0 aliphatic carbocycles. The summed E-state index contributed by atoms with van der Waals surface area (Å²) in [6.45, 7) is 17.3. The predicted molar refractivity (Wildman–Crippen MR) is 119 cm³/mol. The SMILES string of the molecule is C=C1CCCN/C=C/C=C(C(=C)N2CCN(c3ncc(C)cc3C)CC2)\C=N/1. The predicted octanol–water partition coefficient (Wildman–Crippen LogP) is 3.74. The Morgan fingerprint density at radius 3 is 2.71 bits per heavy atom. The van der Waals surface area contributed by atoms with Crippen LogP contribution >= 0.6 is 0 Å². The zero-order valence-corrected chi connectivity index (χ0v) is 17.1. The van der Waals surface area contributed by atoms with Crippen LogP contribution in [0.2, 0.25) is 0 Å². The van der Waals surface area contributed by atoms with Gasteiger partial charge in [-0.3, -0.25) is 4.99 Å². The summed E-state index contributed by atoms with van der Waals surface area (Å²) < 4.78 is 0. The number of piperazine rings is 1. The Morgan fingerprint density at radius 1 is 1.18 bits per heavy atom. The highest BCUT2D eigenvalue weighted by Gasteiger charge is 2.21. The maximum absolute atomic E-state index is 4.65. The summed E-state index contributed by atoms with van der Waals surface area (Å²) in [7, 11) is 0. The molecule has 0 amide bonds. The maximum atomic E-state index is 4.65. The Bertz CT molecular complexity index is 810. The molecule has 1 fully saturated rings. The van der Waals surface area contributed by atoms with E-state index in [1.807, 2.05) is 24.7 Å². The summed E-state index contributed by atoms with van der Waals surface area (Å²) in [5.41, 5.74) is 5.39. The Balaban J connectivity index is 1.67. The van der Waals surface area contributed by atoms with Gasteiger partial charge in [-0.2, -0.15) is 0 Å². The summed E-state index contributed by atoms with van der Waals surface area (Å²) >= 11 is 0. The van der Waals surface area contributed by atoms with Crippen molar-refractivity contribution in [3.8, 4) is 0 Å². The van der Waals surface area contributed by atoms with E-state index in [-0.39, 0.29) is 0 Å². The van der Waals surface area contributed by atoms with Crippen molar-refractivity contribution < 1.29 is 0 Å². The largest absolute Gasteiger partial charge is 0.391 e. The molecule has 1 aromatic heterocycles. The first-order chi connectivity index (χ1) is 13.5. The molecule has 3 rings (SSSR count). The molecule has 5 nitrogen and oxygen atoms in total. The van der Waals surface area contributed by atoms with Gasteiger partial charge in [-0.15, -0.1) is 0 Å². The topological polar surface area (TPSA) is 43.8 Å². The van der Waals surface area contributed by atoms with Crippen LogP contribution in [-0.2, 0) is 0 Å². The van der Waals surface area contributed by atoms with Crippen molar-refractivity contribution in [3.63, 3.8) is 0 Å². The van der Waals surface area contributed by atoms with Crippen LogP contribution in [0.4, 0.5) is 5.82 Å². The highest BCUT2D eigenvalue weighted by molar-refractivity contribution is 5.85. The average Bonchev–Trinajstić information content (AvgIpc) is 2.73. The van der Waals surface area contributed by atoms with Gasteiger partial charge in [0.05, 0.1) is 0 Å². The first-order valence-corrected chi connectivity index (χ1v) is 9.99. The molecule has 1 N–H and O–H groups in total. The molecular weight excluding hydrogens is 346 g/mol. The van der Waals surface area contributed by atoms with Gasteiger partial charge < -0.3 is 15.1 Å². The number of aromatic nitrogens is 1. The van der Waals surface area contributed by atoms with Gasteiger partial charge in [0.25, 0.3) is 0 Å². The lowest BCUT2D eigenvalue weighted by Crippen LogP contribution is -2.46. The minimum Gasteiger partial charge on any atom is -0.391 e. The molecule has 28 heavy (non-hydrogen) atoms. The second kappa shape index (κ2) is 9.40. The number of nitrogens with one attached hydrogen (secondary N) is 1. The van der Waals surface area contributed by atoms with E-state index < -0.39 is 0 Å². The van der Waals surface area contributed by atoms with Gasteiger partial charge in [-0.05, 0) is 56.2 Å². The number of allylic oxidation sites excluding steroid dienone is 4. The third-order valence-electron chi connectivity index (χ3n) is 5.14. The van der Waals surface area contributed by atoms with Crippen LogP contribution in [0.15, 0.2) is 65.7 Å². The van der Waals surface area contributed by atoms with E-state index in [1.165, 1.54) is 11.1 Å². The molecule has 0 bridgehead atoms. The average molecular weight is 378 g/mol. The van der Waals surface area contributed by atoms with Crippen LogP contribution < -0.4 is 10.2 Å². The number of nitrogens with zero attached hydrogens (tertiary/aromatic N) is 4. The lowest BCUT2D eigenvalue weighted by atomic mass is 10.1. The molecule has 2 aliphatic heterocycles. The molecule has 148 valence electrons. The fourth-order valence-corrected chi connectivity index (χ4v) is 3.55. The third-order valence-corrected chi connectivity index (χ3v) is 5.14. The van der Waals surface area contributed by atoms with Crippen molar-refractivity contribution in [1.82, 2.24) is 15.2 Å². The van der Waals surface area contributed by atoms with E-state index in [0.717, 1.165) is 68.4 Å². The van der Waals surface area contributed by atoms with Crippen LogP contribution in [0.25, 0.3) is 0 Å². The van der Waals surface area contributed by atoms with Gasteiger partial charge in [0.15, 0.2) is 0 Å². The van der Waals surface area contributed by atoms with Gasteiger partial charge in [-0.1, -0.05) is 19.2 Å². The number of aryl methyl sites for hydroxylation is 2. The molecule has 0 saturated carbocycles. The molecule has 3 heterocycles. The van der Waals surface area contributed by atoms with E-state index in [4.69, 9.17) is 0 Å². The van der Waals surface area contributed by atoms with E-state index in [1.54, 1.807) is 0 Å². The summed E-state index contributed by atoms with van der Waals surface area (Å²) in [6, 6.07) is 2.20. The lowest BCUT2D eigenvalue weighted by molar-refractivity contribution is 0.329. The van der Waals surface area contributed by atoms with Crippen LogP contribution in [0.3, 0.4) is 0 Å². The number of anilines is 1. The van der Waals surface area contributed by atoms with Gasteiger partial charge in [0.1, 0.15) is 5.82 Å². The lowest BCUT2D eigenvalue weighted by Gasteiger charge is -2.38. The highest BCUT2D eigenvalue weighted by Crippen LogP contribution is 2.22. The molecule has 0 spiro atoms. The Labute approximate surface area is 168 Å². The summed E-state index contributed by atoms with van der Waals surface area (Å²) in [5, 5.41) is 3.30. The smallest absolute Gasteiger partial charge is 0.131 e. The molecule has 1 saturated heterocycles. The Kier molecular flexibility index (Phi) is 6.69. The van der Waals surface area contributed by atoms with E-state index in [2.05, 4.69) is 64.2 Å². The van der Waals surface area contributed by atoms with Gasteiger partial charge >= 0.3 is 0 Å². The van der Waals surface area contributed by atoms with E-state index in [0.29, 0.717) is 0 Å². The van der Waals surface area contributed by atoms with Gasteiger partial charge in [0.2, 0.25) is 0 Å². The summed E-state index contributed by atoms with van der Waals surface area (Å²) in [6.07, 6.45) is 11.9. The molecule has 0 radical (unpaired) electrons. The molecule has 0 aromatic carbocycles. The van der Waals surface area contributed by atoms with Crippen molar-refractivity contribution >= 4 is 12.0 Å². The number of hydrogen-bond acceptors (Lipinski definition) is 5. The maximum Gasteiger partial charge on any atom is 0.131 e. The monoisotopic (exact) mass is 377 g/mol. The normalized spacial score (nSPS) is 22.5. The van der Waals surface area contributed by atoms with Crippen molar-refractivity contribution in [2.24, 2.45) is 4.99 Å². The fourth-order valence-electron chi connectivity index (χ4n) is 3.55. The van der Waals surface area contributed by atoms with E-state index in [9.17, 15) is 0 Å². The van der Waals surface area contributed by atoms with Crippen LogP contribution in [-0.4, -0.2) is 48.8 Å². The molecule has 5 heteroatoms. The second-order valence-corrected chi connectivity index (χ2v) is 7.44. The second-order valence-electron chi connectivity index (χ2n) is 7.44. The van der Waals surface area contributed by atoms with Crippen molar-refractivity contribution in [2.45, 2.75) is 26.7 Å². The fraction of sp³-hybridized carbons (Fsp3) is 0.391. The van der Waals surface area contributed by atoms with E-state index >= 15 is 0 Å². The standard InChI is InChI=1S/C23H31N5/c1-18-15-19(2)23(26-16-18)28-13-11-27(12-14-28)21(4)22-8-6-10-24-9-5-7-20(3)25-17-22/h6,8,10,15-17,24H,3-5,7,9,11-14H2,1-2H3/b10-6+,22-8+,25-17-. The van der Waals surface area contributed by atoms with Crippen LogP contribution in [0.5, 0.6) is 0 Å². The molecule has 1 aromatic rings. The van der Waals surface area contributed by atoms with Gasteiger partial charge in [-0.25, -0.2) is 4.98 Å². The van der Waals surface area contributed by atoms with Crippen molar-refractivity contribution in [2.75, 3.05) is 37.6 Å². The Hall–Kier alpha value is -2.82. The molecule has 2 aliphatic rings. The Morgan fingerprint density at radius 2 is 1.96 bits per heavy atom. The highest BCUT2D eigenvalue weighted by atomic mass is 15.3. The van der Waals surface area contributed by atoms with Crippen molar-refractivity contribution in [3.05, 3.63) is 71.9 Å². The van der Waals surface area contributed by atoms with Gasteiger partial charge in [0, 0.05) is 62.1 Å². The summed E-state index contributed by atoms with van der Waals surface area (Å²) in [5.74, 6) is 1.09. The zero-order chi connectivity index (χ0) is 19.9. The molecule has 0 unspecified atom stereocenters. The third kappa shape index (κ3) is 5.12. The van der Waals surface area contributed by atoms with Crippen LogP contribution in [0, 0.1) is 13.8 Å². The first-order valence-electron chi connectivity index (χ1n) is 9.99. The minimum atomic E-state index is 0.901. The van der Waals surface area contributed by atoms with Crippen molar-refractivity contribution in [1.29, 1.82) is 0 Å². The van der Waals surface area contributed by atoms with Crippen LogP contribution in [0.1, 0.15) is 24.0 Å². The quantitative estimate of drug-likeness (QED) is 0.871. The molecule has 0 atom stereocenters. The minimum absolute atomic E-state index is 0.901. The number of rotatable bonds is 3. The zero-order valence-electron chi connectivity index (χ0n) is 17.1.